The normalized spacial score (nSPS) is 20.0. The first-order chi connectivity index (χ1) is 7.74. The zero-order valence-electron chi connectivity index (χ0n) is 9.34. The molecule has 0 N–H and O–H groups in total. The molecule has 1 fully saturated rings. The maximum absolute atomic E-state index is 9.46. The molecular weight excluding hydrogens is 238 g/mol. The van der Waals surface area contributed by atoms with Crippen molar-refractivity contribution < 1.29 is 0 Å². The van der Waals surface area contributed by atoms with Crippen LogP contribution in [0.25, 0.3) is 0 Å². The van der Waals surface area contributed by atoms with Gasteiger partial charge in [0.15, 0.2) is 0 Å². The van der Waals surface area contributed by atoms with E-state index in [0.29, 0.717) is 0 Å². The highest BCUT2D eigenvalue weighted by Gasteiger charge is 2.31. The smallest absolute Gasteiger partial charge is 0.0931 e. The lowest BCUT2D eigenvalue weighted by molar-refractivity contribution is 0.341. The van der Waals surface area contributed by atoms with Gasteiger partial charge < -0.3 is 0 Å². The van der Waals surface area contributed by atoms with Crippen LogP contribution in [0.4, 0.5) is 0 Å². The molecule has 3 heteroatoms. The van der Waals surface area contributed by atoms with Crippen LogP contribution in [0.2, 0.25) is 4.34 Å². The molecule has 0 spiro atoms. The fraction of sp³-hybridized carbons (Fsp3) is 0.615. The van der Waals surface area contributed by atoms with Gasteiger partial charge in [-0.3, -0.25) is 0 Å². The van der Waals surface area contributed by atoms with Crippen molar-refractivity contribution in [2.24, 2.45) is 5.41 Å². The molecule has 0 aliphatic heterocycles. The van der Waals surface area contributed by atoms with Crippen LogP contribution in [0.3, 0.4) is 0 Å². The maximum Gasteiger partial charge on any atom is 0.0931 e. The summed E-state index contributed by atoms with van der Waals surface area (Å²) in [6, 6.07) is 6.58. The number of hydrogen-bond acceptors (Lipinski definition) is 2. The molecule has 16 heavy (non-hydrogen) atoms. The number of rotatable bonds is 2. The van der Waals surface area contributed by atoms with Crippen molar-refractivity contribution in [1.82, 2.24) is 0 Å². The third kappa shape index (κ3) is 2.78. The topological polar surface area (TPSA) is 23.8 Å². The van der Waals surface area contributed by atoms with Gasteiger partial charge in [-0.1, -0.05) is 37.3 Å². The van der Waals surface area contributed by atoms with E-state index in [4.69, 9.17) is 11.6 Å². The molecule has 0 unspecified atom stereocenters. The van der Waals surface area contributed by atoms with Crippen LogP contribution in [0, 0.1) is 16.7 Å². The van der Waals surface area contributed by atoms with E-state index in [1.165, 1.54) is 30.6 Å². The zero-order valence-corrected chi connectivity index (χ0v) is 10.9. The molecule has 0 amide bonds. The van der Waals surface area contributed by atoms with Crippen LogP contribution in [-0.4, -0.2) is 0 Å². The van der Waals surface area contributed by atoms with Gasteiger partial charge in [-0.25, -0.2) is 0 Å². The van der Waals surface area contributed by atoms with Crippen molar-refractivity contribution in [1.29, 1.82) is 5.26 Å². The van der Waals surface area contributed by atoms with E-state index in [1.807, 2.05) is 6.07 Å². The monoisotopic (exact) mass is 253 g/mol. The fourth-order valence-corrected chi connectivity index (χ4v) is 3.75. The Morgan fingerprint density at radius 3 is 2.44 bits per heavy atom. The van der Waals surface area contributed by atoms with Crippen LogP contribution >= 0.6 is 22.9 Å². The average Bonchev–Trinajstić information content (AvgIpc) is 2.54. The minimum absolute atomic E-state index is 0.120. The van der Waals surface area contributed by atoms with Crippen LogP contribution in [0.1, 0.15) is 43.4 Å². The lowest BCUT2D eigenvalue weighted by Crippen LogP contribution is -2.20. The van der Waals surface area contributed by atoms with Crippen molar-refractivity contribution in [2.75, 3.05) is 0 Å². The highest BCUT2D eigenvalue weighted by atomic mass is 35.5. The first-order valence-electron chi connectivity index (χ1n) is 5.90. The summed E-state index contributed by atoms with van der Waals surface area (Å²) in [5.41, 5.74) is -0.120. The molecule has 0 radical (unpaired) electrons. The Bertz CT molecular complexity index is 383. The van der Waals surface area contributed by atoms with E-state index < -0.39 is 0 Å². The van der Waals surface area contributed by atoms with Crippen molar-refractivity contribution in [3.8, 4) is 6.07 Å². The minimum Gasteiger partial charge on any atom is -0.198 e. The predicted molar refractivity (Wildman–Crippen MR) is 68.8 cm³/mol. The lowest BCUT2D eigenvalue weighted by Gasteiger charge is -2.23. The Balaban J connectivity index is 2.12. The van der Waals surface area contributed by atoms with Gasteiger partial charge in [0.2, 0.25) is 0 Å². The molecule has 2 rings (SSSR count). The van der Waals surface area contributed by atoms with E-state index in [-0.39, 0.29) is 5.41 Å². The van der Waals surface area contributed by atoms with E-state index in [2.05, 4.69) is 12.1 Å². The van der Waals surface area contributed by atoms with Crippen LogP contribution in [0.15, 0.2) is 12.1 Å². The molecular formula is C13H16ClNS. The summed E-state index contributed by atoms with van der Waals surface area (Å²) in [4.78, 5) is 1.26. The molecule has 1 saturated carbocycles. The van der Waals surface area contributed by atoms with Gasteiger partial charge in [-0.15, -0.1) is 11.3 Å². The van der Waals surface area contributed by atoms with Gasteiger partial charge in [0.1, 0.15) is 0 Å². The molecule has 0 saturated heterocycles. The predicted octanol–water partition coefficient (Wildman–Crippen LogP) is 4.81. The molecule has 1 aliphatic carbocycles. The fourth-order valence-electron chi connectivity index (χ4n) is 2.51. The number of halogens is 1. The van der Waals surface area contributed by atoms with Crippen LogP contribution in [0.5, 0.6) is 0 Å². The van der Waals surface area contributed by atoms with Crippen molar-refractivity contribution in [3.05, 3.63) is 21.3 Å². The SMILES string of the molecule is N#CC1(Cc2ccc(Cl)s2)CCCCCC1. The second kappa shape index (κ2) is 5.21. The Morgan fingerprint density at radius 2 is 1.94 bits per heavy atom. The second-order valence-electron chi connectivity index (χ2n) is 4.69. The number of nitrogens with zero attached hydrogens (tertiary/aromatic N) is 1. The molecule has 0 bridgehead atoms. The molecule has 0 atom stereocenters. The van der Waals surface area contributed by atoms with Gasteiger partial charge in [0.25, 0.3) is 0 Å². The van der Waals surface area contributed by atoms with Crippen LogP contribution < -0.4 is 0 Å². The Hall–Kier alpha value is -0.520. The summed E-state index contributed by atoms with van der Waals surface area (Å²) >= 11 is 7.55. The first kappa shape index (κ1) is 12.0. The minimum atomic E-state index is -0.120. The summed E-state index contributed by atoms with van der Waals surface area (Å²) in [7, 11) is 0. The van der Waals surface area contributed by atoms with Gasteiger partial charge in [0.05, 0.1) is 15.8 Å². The third-order valence-corrected chi connectivity index (χ3v) is 4.67. The molecule has 1 aromatic rings. The summed E-state index contributed by atoms with van der Waals surface area (Å²) in [5.74, 6) is 0. The Kier molecular flexibility index (Phi) is 3.89. The van der Waals surface area contributed by atoms with Crippen molar-refractivity contribution in [3.63, 3.8) is 0 Å². The van der Waals surface area contributed by atoms with Gasteiger partial charge >= 0.3 is 0 Å². The first-order valence-corrected chi connectivity index (χ1v) is 7.09. The van der Waals surface area contributed by atoms with E-state index in [0.717, 1.165) is 23.6 Å². The average molecular weight is 254 g/mol. The van der Waals surface area contributed by atoms with E-state index in [9.17, 15) is 5.26 Å². The molecule has 1 aliphatic rings. The highest BCUT2D eigenvalue weighted by Crippen LogP contribution is 2.39. The van der Waals surface area contributed by atoms with Gasteiger partial charge in [-0.05, 0) is 25.0 Å². The Morgan fingerprint density at radius 1 is 1.25 bits per heavy atom. The largest absolute Gasteiger partial charge is 0.198 e. The number of thiophene rings is 1. The molecule has 86 valence electrons. The van der Waals surface area contributed by atoms with Crippen molar-refractivity contribution >= 4 is 22.9 Å². The summed E-state index contributed by atoms with van der Waals surface area (Å²) in [6.45, 7) is 0. The van der Waals surface area contributed by atoms with Crippen molar-refractivity contribution in [2.45, 2.75) is 44.9 Å². The summed E-state index contributed by atoms with van der Waals surface area (Å²) in [6.07, 6.45) is 7.97. The standard InChI is InChI=1S/C13H16ClNS/c14-12-6-5-11(16-12)9-13(10-15)7-3-1-2-4-8-13/h5-6H,1-4,7-9H2. The Labute approximate surface area is 106 Å². The van der Waals surface area contributed by atoms with Crippen LogP contribution in [-0.2, 0) is 6.42 Å². The number of nitriles is 1. The van der Waals surface area contributed by atoms with E-state index >= 15 is 0 Å². The maximum atomic E-state index is 9.46. The molecule has 1 heterocycles. The lowest BCUT2D eigenvalue weighted by atomic mass is 9.78. The highest BCUT2D eigenvalue weighted by molar-refractivity contribution is 7.16. The third-order valence-electron chi connectivity index (χ3n) is 3.44. The second-order valence-corrected chi connectivity index (χ2v) is 6.49. The summed E-state index contributed by atoms with van der Waals surface area (Å²) in [5, 5.41) is 9.46. The zero-order chi connectivity index (χ0) is 11.4. The molecule has 1 nitrogen and oxygen atoms in total. The van der Waals surface area contributed by atoms with Gasteiger partial charge in [0, 0.05) is 11.3 Å². The van der Waals surface area contributed by atoms with E-state index in [1.54, 1.807) is 11.3 Å². The number of hydrogen-bond donors (Lipinski definition) is 0. The summed E-state index contributed by atoms with van der Waals surface area (Å²) < 4.78 is 0.830. The molecule has 0 aromatic carbocycles. The molecule has 1 aromatic heterocycles. The quantitative estimate of drug-likeness (QED) is 0.694. The van der Waals surface area contributed by atoms with Gasteiger partial charge in [-0.2, -0.15) is 5.26 Å².